The summed E-state index contributed by atoms with van der Waals surface area (Å²) in [6.45, 7) is 1.44. The predicted molar refractivity (Wildman–Crippen MR) is 78.3 cm³/mol. The second-order valence-corrected chi connectivity index (χ2v) is 4.24. The number of benzene rings is 1. The smallest absolute Gasteiger partial charge is 0.221 e. The Morgan fingerprint density at radius 1 is 1.15 bits per heavy atom. The second kappa shape index (κ2) is 6.43. The van der Waals surface area contributed by atoms with Crippen LogP contribution in [0, 0.1) is 0 Å². The van der Waals surface area contributed by atoms with Crippen LogP contribution in [0.1, 0.15) is 22.8 Å². The third-order valence-electron chi connectivity index (χ3n) is 2.60. The van der Waals surface area contributed by atoms with Crippen LogP contribution in [0.3, 0.4) is 0 Å². The van der Waals surface area contributed by atoms with E-state index < -0.39 is 0 Å². The molecule has 2 rings (SSSR count). The minimum atomic E-state index is -0.138. The molecule has 1 heterocycles. The van der Waals surface area contributed by atoms with Gasteiger partial charge in [-0.25, -0.2) is 0 Å². The Bertz CT molecular complexity index is 631. The Morgan fingerprint density at radius 3 is 2.50 bits per heavy atom. The van der Waals surface area contributed by atoms with Crippen molar-refractivity contribution >= 4 is 23.5 Å². The number of pyridine rings is 1. The first-order valence-electron chi connectivity index (χ1n) is 6.15. The number of anilines is 1. The van der Waals surface area contributed by atoms with Crippen molar-refractivity contribution < 1.29 is 9.59 Å². The Kier molecular flexibility index (Phi) is 4.39. The van der Waals surface area contributed by atoms with Crippen LogP contribution in [0.15, 0.2) is 54.9 Å². The molecule has 1 aromatic heterocycles. The summed E-state index contributed by atoms with van der Waals surface area (Å²) < 4.78 is 0. The van der Waals surface area contributed by atoms with Crippen LogP contribution in [0.5, 0.6) is 0 Å². The van der Waals surface area contributed by atoms with Crippen molar-refractivity contribution in [3.05, 3.63) is 66.0 Å². The summed E-state index contributed by atoms with van der Waals surface area (Å²) in [6.07, 6.45) is 6.59. The lowest BCUT2D eigenvalue weighted by Gasteiger charge is -2.02. The van der Waals surface area contributed by atoms with Gasteiger partial charge in [-0.15, -0.1) is 0 Å². The van der Waals surface area contributed by atoms with Gasteiger partial charge in [-0.1, -0.05) is 6.07 Å². The van der Waals surface area contributed by atoms with Crippen molar-refractivity contribution in [1.29, 1.82) is 0 Å². The van der Waals surface area contributed by atoms with Crippen LogP contribution in [-0.4, -0.2) is 16.7 Å². The van der Waals surface area contributed by atoms with E-state index in [0.717, 1.165) is 5.56 Å². The molecule has 1 N–H and O–H groups in total. The molecule has 100 valence electrons. The topological polar surface area (TPSA) is 59.1 Å². The van der Waals surface area contributed by atoms with Crippen LogP contribution in [-0.2, 0) is 4.79 Å². The first-order chi connectivity index (χ1) is 9.65. The Morgan fingerprint density at radius 2 is 1.90 bits per heavy atom. The molecule has 0 unspecified atom stereocenters. The lowest BCUT2D eigenvalue weighted by atomic mass is 10.1. The normalized spacial score (nSPS) is 10.4. The average Bonchev–Trinajstić information content (AvgIpc) is 2.46. The fourth-order valence-corrected chi connectivity index (χ4v) is 1.66. The molecule has 0 saturated heterocycles. The number of carbonyl (C=O) groups excluding carboxylic acids is 2. The number of allylic oxidation sites excluding steroid dienone is 1. The van der Waals surface area contributed by atoms with Crippen molar-refractivity contribution in [1.82, 2.24) is 4.98 Å². The van der Waals surface area contributed by atoms with E-state index in [1.54, 1.807) is 42.7 Å². The highest BCUT2D eigenvalue weighted by atomic mass is 16.1. The van der Waals surface area contributed by atoms with E-state index in [1.165, 1.54) is 13.0 Å². The first-order valence-corrected chi connectivity index (χ1v) is 6.15. The number of rotatable bonds is 4. The van der Waals surface area contributed by atoms with E-state index >= 15 is 0 Å². The minimum absolute atomic E-state index is 0.0942. The van der Waals surface area contributed by atoms with Gasteiger partial charge in [0, 0.05) is 30.6 Å². The third-order valence-corrected chi connectivity index (χ3v) is 2.60. The summed E-state index contributed by atoms with van der Waals surface area (Å²) in [4.78, 5) is 26.8. The molecule has 1 amide bonds. The number of aromatic nitrogens is 1. The van der Waals surface area contributed by atoms with Gasteiger partial charge in [-0.2, -0.15) is 0 Å². The number of nitrogens with one attached hydrogen (secondary N) is 1. The zero-order valence-corrected chi connectivity index (χ0v) is 11.0. The monoisotopic (exact) mass is 266 g/mol. The molecule has 0 spiro atoms. The second-order valence-electron chi connectivity index (χ2n) is 4.24. The van der Waals surface area contributed by atoms with Crippen molar-refractivity contribution in [2.75, 3.05) is 5.32 Å². The van der Waals surface area contributed by atoms with E-state index in [2.05, 4.69) is 10.3 Å². The summed E-state index contributed by atoms with van der Waals surface area (Å²) in [5.41, 5.74) is 2.11. The summed E-state index contributed by atoms with van der Waals surface area (Å²) in [5, 5.41) is 2.65. The van der Waals surface area contributed by atoms with Crippen LogP contribution >= 0.6 is 0 Å². The number of carbonyl (C=O) groups is 2. The highest BCUT2D eigenvalue weighted by Crippen LogP contribution is 2.11. The molecule has 1 aromatic carbocycles. The van der Waals surface area contributed by atoms with Crippen LogP contribution in [0.25, 0.3) is 6.08 Å². The Hall–Kier alpha value is -2.75. The predicted octanol–water partition coefficient (Wildman–Crippen LogP) is 2.94. The van der Waals surface area contributed by atoms with Gasteiger partial charge in [0.15, 0.2) is 5.78 Å². The van der Waals surface area contributed by atoms with E-state index in [0.29, 0.717) is 11.3 Å². The molecule has 4 heteroatoms. The number of nitrogens with zero attached hydrogens (tertiary/aromatic N) is 1. The summed E-state index contributed by atoms with van der Waals surface area (Å²) >= 11 is 0. The summed E-state index contributed by atoms with van der Waals surface area (Å²) in [6, 6.07) is 10.4. The number of ketones is 1. The molecule has 0 radical (unpaired) electrons. The van der Waals surface area contributed by atoms with Crippen LogP contribution in [0.4, 0.5) is 5.69 Å². The quantitative estimate of drug-likeness (QED) is 0.683. The molecular formula is C16H14N2O2. The molecule has 20 heavy (non-hydrogen) atoms. The number of amides is 1. The molecule has 0 aliphatic carbocycles. The molecule has 2 aromatic rings. The van der Waals surface area contributed by atoms with E-state index in [4.69, 9.17) is 0 Å². The van der Waals surface area contributed by atoms with Gasteiger partial charge in [-0.3, -0.25) is 14.6 Å². The highest BCUT2D eigenvalue weighted by Gasteiger charge is 2.02. The van der Waals surface area contributed by atoms with Crippen LogP contribution < -0.4 is 5.32 Å². The minimum Gasteiger partial charge on any atom is -0.326 e. The fourth-order valence-electron chi connectivity index (χ4n) is 1.66. The molecular weight excluding hydrogens is 252 g/mol. The van der Waals surface area contributed by atoms with Crippen molar-refractivity contribution in [3.63, 3.8) is 0 Å². The number of hydrogen-bond acceptors (Lipinski definition) is 3. The maximum absolute atomic E-state index is 12.0. The fraction of sp³-hybridized carbons (Fsp3) is 0.0625. The molecule has 0 bridgehead atoms. The first kappa shape index (κ1) is 13.7. The van der Waals surface area contributed by atoms with Crippen LogP contribution in [0.2, 0.25) is 0 Å². The van der Waals surface area contributed by atoms with Gasteiger partial charge in [0.2, 0.25) is 5.91 Å². The van der Waals surface area contributed by atoms with Gasteiger partial charge < -0.3 is 5.32 Å². The SMILES string of the molecule is CC(=O)Nc1ccc(C(=O)C=Cc2cccnc2)cc1. The highest BCUT2D eigenvalue weighted by molar-refractivity contribution is 6.07. The van der Waals surface area contributed by atoms with Crippen molar-refractivity contribution in [2.24, 2.45) is 0 Å². The van der Waals surface area contributed by atoms with Gasteiger partial charge in [0.1, 0.15) is 0 Å². The third kappa shape index (κ3) is 3.88. The average molecular weight is 266 g/mol. The van der Waals surface area contributed by atoms with Crippen molar-refractivity contribution in [3.8, 4) is 0 Å². The van der Waals surface area contributed by atoms with E-state index in [-0.39, 0.29) is 11.7 Å². The standard InChI is InChI=1S/C16H14N2O2/c1-12(19)18-15-7-5-14(6-8-15)16(20)9-4-13-3-2-10-17-11-13/h2-11H,1H3,(H,18,19). The maximum Gasteiger partial charge on any atom is 0.221 e. The molecule has 0 aliphatic heterocycles. The molecule has 0 atom stereocenters. The van der Waals surface area contributed by atoms with Crippen molar-refractivity contribution in [2.45, 2.75) is 6.92 Å². The zero-order chi connectivity index (χ0) is 14.4. The van der Waals surface area contributed by atoms with E-state index in [1.807, 2.05) is 12.1 Å². The summed E-state index contributed by atoms with van der Waals surface area (Å²) in [7, 11) is 0. The largest absolute Gasteiger partial charge is 0.326 e. The number of hydrogen-bond donors (Lipinski definition) is 1. The molecule has 0 fully saturated rings. The zero-order valence-electron chi connectivity index (χ0n) is 11.0. The lowest BCUT2D eigenvalue weighted by molar-refractivity contribution is -0.114. The lowest BCUT2D eigenvalue weighted by Crippen LogP contribution is -2.05. The Balaban J connectivity index is 2.06. The van der Waals surface area contributed by atoms with E-state index in [9.17, 15) is 9.59 Å². The molecule has 0 aliphatic rings. The maximum atomic E-state index is 12.0. The Labute approximate surface area is 117 Å². The molecule has 0 saturated carbocycles. The van der Waals surface area contributed by atoms with Gasteiger partial charge >= 0.3 is 0 Å². The summed E-state index contributed by atoms with van der Waals surface area (Å²) in [5.74, 6) is -0.233. The van der Waals surface area contributed by atoms with Gasteiger partial charge in [-0.05, 0) is 48.0 Å². The molecule has 4 nitrogen and oxygen atoms in total. The van der Waals surface area contributed by atoms with Gasteiger partial charge in [0.05, 0.1) is 0 Å². The van der Waals surface area contributed by atoms with Gasteiger partial charge in [0.25, 0.3) is 0 Å².